The number of non-ortho nitro benzene ring substituents is 1. The molecule has 0 fully saturated rings. The van der Waals surface area contributed by atoms with E-state index in [4.69, 9.17) is 0 Å². The van der Waals surface area contributed by atoms with Gasteiger partial charge in [0.25, 0.3) is 5.69 Å². The molecule has 1 amide bonds. The monoisotopic (exact) mass is 236 g/mol. The van der Waals surface area contributed by atoms with E-state index >= 15 is 0 Å². The quantitative estimate of drug-likeness (QED) is 0.490. The molecule has 0 atom stereocenters. The van der Waals surface area contributed by atoms with Crippen LogP contribution in [0.1, 0.15) is 18.9 Å². The van der Waals surface area contributed by atoms with Crippen LogP contribution in [0.5, 0.6) is 0 Å². The highest BCUT2D eigenvalue weighted by molar-refractivity contribution is 6.03. The summed E-state index contributed by atoms with van der Waals surface area (Å²) >= 11 is 0. The molecule has 0 bridgehead atoms. The lowest BCUT2D eigenvalue weighted by Crippen LogP contribution is -2.15. The molecule has 1 aromatic rings. The molecule has 0 aliphatic rings. The third-order valence-electron chi connectivity index (χ3n) is 2.12. The second-order valence-corrected chi connectivity index (χ2v) is 3.68. The van der Waals surface area contributed by atoms with Gasteiger partial charge in [0.1, 0.15) is 5.78 Å². The summed E-state index contributed by atoms with van der Waals surface area (Å²) < 4.78 is 0. The van der Waals surface area contributed by atoms with E-state index in [-0.39, 0.29) is 17.9 Å². The predicted molar refractivity (Wildman–Crippen MR) is 61.8 cm³/mol. The molecule has 0 radical (unpaired) electrons. The van der Waals surface area contributed by atoms with Crippen LogP contribution in [0.3, 0.4) is 0 Å². The van der Waals surface area contributed by atoms with Crippen LogP contribution in [-0.4, -0.2) is 16.6 Å². The van der Waals surface area contributed by atoms with E-state index in [0.717, 1.165) is 0 Å². The molecule has 0 aromatic heterocycles. The third kappa shape index (κ3) is 3.67. The number of anilines is 1. The molecular formula is C11H12N2O4. The summed E-state index contributed by atoms with van der Waals surface area (Å²) in [5, 5.41) is 13.0. The first-order chi connectivity index (χ1) is 7.90. The number of nitro groups is 1. The van der Waals surface area contributed by atoms with Crippen molar-refractivity contribution in [2.24, 2.45) is 0 Å². The van der Waals surface area contributed by atoms with E-state index in [1.54, 1.807) is 13.0 Å². The number of nitrogens with one attached hydrogen (secondary N) is 1. The first kappa shape index (κ1) is 12.8. The maximum Gasteiger partial charge on any atom is 0.271 e. The summed E-state index contributed by atoms with van der Waals surface area (Å²) in [6.45, 7) is 3.02. The van der Waals surface area contributed by atoms with Gasteiger partial charge in [-0.25, -0.2) is 0 Å². The maximum atomic E-state index is 11.4. The number of hydrogen-bond donors (Lipinski definition) is 1. The summed E-state index contributed by atoms with van der Waals surface area (Å²) in [6.07, 6.45) is -0.234. The SMILES string of the molecule is CC(=O)CC(=O)Nc1cc([N+](=O)[O-])ccc1C. The number of amides is 1. The van der Waals surface area contributed by atoms with Crippen LogP contribution in [-0.2, 0) is 9.59 Å². The van der Waals surface area contributed by atoms with Gasteiger partial charge in [-0.15, -0.1) is 0 Å². The highest BCUT2D eigenvalue weighted by atomic mass is 16.6. The van der Waals surface area contributed by atoms with Crippen molar-refractivity contribution < 1.29 is 14.5 Å². The standard InChI is InChI=1S/C11H12N2O4/c1-7-3-4-9(13(16)17)6-10(7)12-11(15)5-8(2)14/h3-4,6H,5H2,1-2H3,(H,12,15). The number of carbonyl (C=O) groups is 2. The maximum absolute atomic E-state index is 11.4. The average Bonchev–Trinajstić information content (AvgIpc) is 2.19. The summed E-state index contributed by atoms with van der Waals surface area (Å²) in [6, 6.07) is 4.17. The van der Waals surface area contributed by atoms with Crippen LogP contribution in [0.15, 0.2) is 18.2 Å². The zero-order valence-electron chi connectivity index (χ0n) is 9.52. The lowest BCUT2D eigenvalue weighted by atomic mass is 10.1. The Balaban J connectivity index is 2.90. The van der Waals surface area contributed by atoms with Gasteiger partial charge in [0.15, 0.2) is 0 Å². The first-order valence-electron chi connectivity index (χ1n) is 4.94. The Kier molecular flexibility index (Phi) is 3.92. The van der Waals surface area contributed by atoms with Gasteiger partial charge in [-0.05, 0) is 19.4 Å². The molecule has 1 N–H and O–H groups in total. The van der Waals surface area contributed by atoms with E-state index in [0.29, 0.717) is 11.3 Å². The number of benzene rings is 1. The number of nitro benzene ring substituents is 1. The molecule has 0 unspecified atom stereocenters. The van der Waals surface area contributed by atoms with Gasteiger partial charge in [-0.2, -0.15) is 0 Å². The number of hydrogen-bond acceptors (Lipinski definition) is 4. The fourth-order valence-electron chi connectivity index (χ4n) is 1.28. The zero-order valence-corrected chi connectivity index (χ0v) is 9.52. The fourth-order valence-corrected chi connectivity index (χ4v) is 1.28. The molecule has 6 nitrogen and oxygen atoms in total. The van der Waals surface area contributed by atoms with Gasteiger partial charge in [-0.3, -0.25) is 19.7 Å². The summed E-state index contributed by atoms with van der Waals surface area (Å²) in [5.74, 6) is -0.730. The van der Waals surface area contributed by atoms with Gasteiger partial charge in [0.2, 0.25) is 5.91 Å². The molecule has 1 aromatic carbocycles. The minimum Gasteiger partial charge on any atom is -0.325 e. The Morgan fingerprint density at radius 3 is 2.59 bits per heavy atom. The molecule has 0 aliphatic heterocycles. The molecule has 0 saturated carbocycles. The fraction of sp³-hybridized carbons (Fsp3) is 0.273. The molecule has 0 saturated heterocycles. The van der Waals surface area contributed by atoms with E-state index in [9.17, 15) is 19.7 Å². The molecule has 17 heavy (non-hydrogen) atoms. The Labute approximate surface area is 97.8 Å². The van der Waals surface area contributed by atoms with Gasteiger partial charge in [-0.1, -0.05) is 6.07 Å². The second-order valence-electron chi connectivity index (χ2n) is 3.68. The molecule has 90 valence electrons. The van der Waals surface area contributed by atoms with Crippen molar-refractivity contribution >= 4 is 23.1 Å². The number of carbonyl (C=O) groups excluding carboxylic acids is 2. The smallest absolute Gasteiger partial charge is 0.271 e. The Morgan fingerprint density at radius 2 is 2.06 bits per heavy atom. The van der Waals surface area contributed by atoms with Crippen molar-refractivity contribution in [1.29, 1.82) is 0 Å². The Bertz CT molecular complexity index is 482. The van der Waals surface area contributed by atoms with E-state index in [2.05, 4.69) is 5.32 Å². The molecule has 6 heteroatoms. The van der Waals surface area contributed by atoms with Crippen LogP contribution in [0.25, 0.3) is 0 Å². The minimum absolute atomic E-state index is 0.103. The topological polar surface area (TPSA) is 89.3 Å². The van der Waals surface area contributed by atoms with Crippen LogP contribution in [0.2, 0.25) is 0 Å². The average molecular weight is 236 g/mol. The van der Waals surface area contributed by atoms with Crippen molar-refractivity contribution in [3.63, 3.8) is 0 Å². The molecule has 0 aliphatic carbocycles. The van der Waals surface area contributed by atoms with Gasteiger partial charge < -0.3 is 5.32 Å². The van der Waals surface area contributed by atoms with Crippen molar-refractivity contribution in [1.82, 2.24) is 0 Å². The highest BCUT2D eigenvalue weighted by Crippen LogP contribution is 2.21. The molecule has 0 spiro atoms. The van der Waals surface area contributed by atoms with Gasteiger partial charge in [0, 0.05) is 12.1 Å². The van der Waals surface area contributed by atoms with E-state index in [1.807, 2.05) is 0 Å². The normalized spacial score (nSPS) is 9.76. The third-order valence-corrected chi connectivity index (χ3v) is 2.12. The summed E-state index contributed by atoms with van der Waals surface area (Å²) in [7, 11) is 0. The Morgan fingerprint density at radius 1 is 1.41 bits per heavy atom. The summed E-state index contributed by atoms with van der Waals surface area (Å²) in [5.41, 5.74) is 0.951. The number of ketones is 1. The van der Waals surface area contributed by atoms with E-state index in [1.165, 1.54) is 19.1 Å². The molecular weight excluding hydrogens is 224 g/mol. The minimum atomic E-state index is -0.542. The van der Waals surface area contributed by atoms with Crippen LogP contribution >= 0.6 is 0 Å². The number of nitrogens with zero attached hydrogens (tertiary/aromatic N) is 1. The number of rotatable bonds is 4. The van der Waals surface area contributed by atoms with E-state index < -0.39 is 10.8 Å². The number of Topliss-reactive ketones (excluding diaryl/α,β-unsaturated/α-hetero) is 1. The summed E-state index contributed by atoms with van der Waals surface area (Å²) in [4.78, 5) is 32.1. The van der Waals surface area contributed by atoms with Crippen molar-refractivity contribution in [2.45, 2.75) is 20.3 Å². The predicted octanol–water partition coefficient (Wildman–Crippen LogP) is 1.82. The van der Waals surface area contributed by atoms with Crippen molar-refractivity contribution in [3.05, 3.63) is 33.9 Å². The second kappa shape index (κ2) is 5.20. The van der Waals surface area contributed by atoms with Crippen LogP contribution in [0.4, 0.5) is 11.4 Å². The van der Waals surface area contributed by atoms with Gasteiger partial charge >= 0.3 is 0 Å². The largest absolute Gasteiger partial charge is 0.325 e. The van der Waals surface area contributed by atoms with Gasteiger partial charge in [0.05, 0.1) is 17.0 Å². The lowest BCUT2D eigenvalue weighted by Gasteiger charge is -2.07. The Hall–Kier alpha value is -2.24. The first-order valence-corrected chi connectivity index (χ1v) is 4.94. The van der Waals surface area contributed by atoms with Crippen molar-refractivity contribution in [3.8, 4) is 0 Å². The van der Waals surface area contributed by atoms with Crippen LogP contribution < -0.4 is 5.32 Å². The highest BCUT2D eigenvalue weighted by Gasteiger charge is 2.11. The van der Waals surface area contributed by atoms with Crippen LogP contribution in [0, 0.1) is 17.0 Å². The molecule has 0 heterocycles. The lowest BCUT2D eigenvalue weighted by molar-refractivity contribution is -0.384. The van der Waals surface area contributed by atoms with Crippen molar-refractivity contribution in [2.75, 3.05) is 5.32 Å². The zero-order chi connectivity index (χ0) is 13.0. The molecule has 1 rings (SSSR count). The number of aryl methyl sites for hydroxylation is 1.